The number of carbonyl (C=O) groups is 1. The van der Waals surface area contributed by atoms with Gasteiger partial charge in [0.1, 0.15) is 28.7 Å². The van der Waals surface area contributed by atoms with Crippen molar-refractivity contribution in [3.8, 4) is 39.9 Å². The largest absolute Gasteiger partial charge is 0.496 e. The molecule has 0 saturated carbocycles. The van der Waals surface area contributed by atoms with Crippen LogP contribution in [0.5, 0.6) is 28.7 Å². The highest BCUT2D eigenvalue weighted by molar-refractivity contribution is 6.04. The fourth-order valence-electron chi connectivity index (χ4n) is 4.08. The maximum atomic E-state index is 13.1. The molecule has 0 aromatic heterocycles. The Bertz CT molecular complexity index is 1200. The minimum absolute atomic E-state index is 0.0197. The molecule has 36 heavy (non-hydrogen) atoms. The third-order valence-corrected chi connectivity index (χ3v) is 5.67. The molecule has 3 aromatic rings. The molecular weight excluding hydrogens is 458 g/mol. The Morgan fingerprint density at radius 1 is 0.806 bits per heavy atom. The van der Waals surface area contributed by atoms with E-state index in [1.54, 1.807) is 19.1 Å². The summed E-state index contributed by atoms with van der Waals surface area (Å²) in [5.41, 5.74) is 1.40. The summed E-state index contributed by atoms with van der Waals surface area (Å²) in [5.74, 6) is 2.94. The zero-order valence-corrected chi connectivity index (χ0v) is 22.5. The lowest BCUT2D eigenvalue weighted by Gasteiger charge is -2.23. The van der Waals surface area contributed by atoms with E-state index in [2.05, 4.69) is 0 Å². The van der Waals surface area contributed by atoms with Gasteiger partial charge in [-0.05, 0) is 65.8 Å². The number of fused-ring (bicyclic) bond motifs is 1. The molecule has 1 amide bonds. The maximum Gasteiger partial charge on any atom is 0.415 e. The molecular formula is C29H37NO6. The van der Waals surface area contributed by atoms with E-state index in [0.717, 1.165) is 10.9 Å². The maximum absolute atomic E-state index is 13.1. The highest BCUT2D eigenvalue weighted by atomic mass is 16.6. The number of ether oxygens (including phenoxy) is 5. The normalized spacial score (nSPS) is 11.1. The molecule has 0 fully saturated rings. The first kappa shape index (κ1) is 27.0. The molecule has 0 spiro atoms. The van der Waals surface area contributed by atoms with Crippen LogP contribution in [0.15, 0.2) is 42.5 Å². The van der Waals surface area contributed by atoms with Gasteiger partial charge in [-0.2, -0.15) is 0 Å². The first-order valence-electron chi connectivity index (χ1n) is 12.4. The van der Waals surface area contributed by atoms with Gasteiger partial charge in [0.05, 0.1) is 31.8 Å². The van der Waals surface area contributed by atoms with Gasteiger partial charge in [-0.15, -0.1) is 0 Å². The number of methoxy groups -OCH3 is 2. The predicted octanol–water partition coefficient (Wildman–Crippen LogP) is 6.94. The second-order valence-corrected chi connectivity index (χ2v) is 8.87. The summed E-state index contributed by atoms with van der Waals surface area (Å²) in [6, 6.07) is 13.2. The van der Waals surface area contributed by atoms with Crippen molar-refractivity contribution in [1.82, 2.24) is 4.90 Å². The van der Waals surface area contributed by atoms with Gasteiger partial charge in [-0.25, -0.2) is 4.79 Å². The van der Waals surface area contributed by atoms with Crippen molar-refractivity contribution < 1.29 is 28.5 Å². The van der Waals surface area contributed by atoms with Crippen molar-refractivity contribution in [2.24, 2.45) is 0 Å². The minimum Gasteiger partial charge on any atom is -0.496 e. The first-order chi connectivity index (χ1) is 17.2. The second-order valence-electron chi connectivity index (χ2n) is 8.87. The van der Waals surface area contributed by atoms with Crippen LogP contribution in [0, 0.1) is 0 Å². The van der Waals surface area contributed by atoms with Crippen LogP contribution in [0.3, 0.4) is 0 Å². The Balaban J connectivity index is 2.33. The molecule has 3 rings (SSSR count). The highest BCUT2D eigenvalue weighted by Gasteiger charge is 2.24. The molecule has 0 aliphatic rings. The molecule has 0 atom stereocenters. The zero-order valence-electron chi connectivity index (χ0n) is 22.5. The smallest absolute Gasteiger partial charge is 0.415 e. The Kier molecular flexibility index (Phi) is 8.91. The third-order valence-electron chi connectivity index (χ3n) is 5.67. The van der Waals surface area contributed by atoms with Gasteiger partial charge in [0.25, 0.3) is 0 Å². The zero-order chi connectivity index (χ0) is 26.4. The van der Waals surface area contributed by atoms with E-state index >= 15 is 0 Å². The van der Waals surface area contributed by atoms with E-state index in [-0.39, 0.29) is 12.2 Å². The van der Waals surface area contributed by atoms with Gasteiger partial charge in [-0.3, -0.25) is 0 Å². The average molecular weight is 496 g/mol. The lowest BCUT2D eigenvalue weighted by Crippen LogP contribution is -2.33. The van der Waals surface area contributed by atoms with Gasteiger partial charge in [0.15, 0.2) is 0 Å². The number of benzene rings is 3. The molecule has 0 aliphatic carbocycles. The van der Waals surface area contributed by atoms with Gasteiger partial charge in [-0.1, -0.05) is 12.1 Å². The summed E-state index contributed by atoms with van der Waals surface area (Å²) in [6.45, 7) is 12.8. The van der Waals surface area contributed by atoms with Crippen molar-refractivity contribution >= 4 is 16.9 Å². The van der Waals surface area contributed by atoms with E-state index in [9.17, 15) is 4.79 Å². The molecule has 3 aromatic carbocycles. The molecule has 0 radical (unpaired) electrons. The summed E-state index contributed by atoms with van der Waals surface area (Å²) in [6.07, 6.45) is -0.455. The van der Waals surface area contributed by atoms with Crippen LogP contribution in [-0.4, -0.2) is 50.5 Å². The van der Waals surface area contributed by atoms with Gasteiger partial charge >= 0.3 is 6.09 Å². The highest BCUT2D eigenvalue weighted by Crippen LogP contribution is 2.48. The van der Waals surface area contributed by atoms with Crippen LogP contribution in [0.25, 0.3) is 21.9 Å². The Hall–Kier alpha value is -3.61. The Labute approximate surface area is 213 Å². The molecule has 7 heteroatoms. The topological polar surface area (TPSA) is 66.5 Å². The number of carbonyl (C=O) groups excluding carboxylic acids is 1. The molecule has 0 saturated heterocycles. The molecule has 0 aliphatic heterocycles. The number of rotatable bonds is 10. The number of nitrogens with zero attached hydrogens (tertiary/aromatic N) is 1. The van der Waals surface area contributed by atoms with Gasteiger partial charge in [0, 0.05) is 35.7 Å². The van der Waals surface area contributed by atoms with Crippen molar-refractivity contribution in [2.75, 3.05) is 27.3 Å². The summed E-state index contributed by atoms with van der Waals surface area (Å²) < 4.78 is 29.6. The van der Waals surface area contributed by atoms with Crippen LogP contribution in [-0.2, 0) is 0 Å². The number of hydrogen-bond donors (Lipinski definition) is 0. The van der Waals surface area contributed by atoms with Crippen molar-refractivity contribution in [3.05, 3.63) is 42.5 Å². The van der Waals surface area contributed by atoms with Crippen LogP contribution in [0.1, 0.15) is 41.5 Å². The predicted molar refractivity (Wildman–Crippen MR) is 143 cm³/mol. The van der Waals surface area contributed by atoms with Crippen LogP contribution >= 0.6 is 0 Å². The SMILES string of the molecule is CCN(CC)C(=O)Oc1c(-c2ccc(OC(C)C)cc2OC)cc(OC)c2c(OC(C)C)cccc12. The summed E-state index contributed by atoms with van der Waals surface area (Å²) in [5, 5.41) is 1.44. The Morgan fingerprint density at radius 2 is 1.47 bits per heavy atom. The van der Waals surface area contributed by atoms with Crippen molar-refractivity contribution in [1.29, 1.82) is 0 Å². The second kappa shape index (κ2) is 11.9. The van der Waals surface area contributed by atoms with E-state index in [1.165, 1.54) is 0 Å². The van der Waals surface area contributed by atoms with E-state index in [1.807, 2.05) is 84.0 Å². The van der Waals surface area contributed by atoms with Crippen molar-refractivity contribution in [3.63, 3.8) is 0 Å². The molecule has 0 heterocycles. The van der Waals surface area contributed by atoms with Gasteiger partial charge in [0.2, 0.25) is 0 Å². The third kappa shape index (κ3) is 5.78. The van der Waals surface area contributed by atoms with Crippen LogP contribution in [0.2, 0.25) is 0 Å². The fourth-order valence-corrected chi connectivity index (χ4v) is 4.08. The van der Waals surface area contributed by atoms with Gasteiger partial charge < -0.3 is 28.6 Å². The standard InChI is InChI=1S/C29H37NO6/c1-9-30(10-2)29(31)36-28-22-12-11-13-24(35-19(5)6)27(22)26(33-8)17-23(28)21-15-14-20(34-18(3)4)16-25(21)32-7/h11-19H,9-10H2,1-8H3. The monoisotopic (exact) mass is 495 g/mol. The average Bonchev–Trinajstić information content (AvgIpc) is 2.84. The molecule has 7 nitrogen and oxygen atoms in total. The summed E-state index contributed by atoms with van der Waals surface area (Å²) >= 11 is 0. The Morgan fingerprint density at radius 3 is 2.06 bits per heavy atom. The lowest BCUT2D eigenvalue weighted by molar-refractivity contribution is 0.158. The van der Waals surface area contributed by atoms with Crippen LogP contribution < -0.4 is 23.7 Å². The lowest BCUT2D eigenvalue weighted by atomic mass is 9.97. The van der Waals surface area contributed by atoms with E-state index in [4.69, 9.17) is 23.7 Å². The number of amides is 1. The summed E-state index contributed by atoms with van der Waals surface area (Å²) in [7, 11) is 3.22. The fraction of sp³-hybridized carbons (Fsp3) is 0.414. The van der Waals surface area contributed by atoms with E-state index < -0.39 is 6.09 Å². The number of hydrogen-bond acceptors (Lipinski definition) is 6. The minimum atomic E-state index is -0.429. The summed E-state index contributed by atoms with van der Waals surface area (Å²) in [4.78, 5) is 14.8. The first-order valence-corrected chi connectivity index (χ1v) is 12.4. The quantitative estimate of drug-likeness (QED) is 0.304. The molecule has 194 valence electrons. The molecule has 0 N–H and O–H groups in total. The molecule has 0 unspecified atom stereocenters. The van der Waals surface area contributed by atoms with Crippen molar-refractivity contribution in [2.45, 2.75) is 53.8 Å². The molecule has 0 bridgehead atoms. The van der Waals surface area contributed by atoms with E-state index in [0.29, 0.717) is 52.8 Å². The van der Waals surface area contributed by atoms with Crippen LogP contribution in [0.4, 0.5) is 4.79 Å².